The summed E-state index contributed by atoms with van der Waals surface area (Å²) < 4.78 is 5.09. The molecule has 2 N–H and O–H groups in total. The number of carbonyl (C=O) groups is 1. The number of nitrogens with one attached hydrogen (secondary N) is 2. The van der Waals surface area contributed by atoms with Crippen molar-refractivity contribution in [1.82, 2.24) is 10.2 Å². The molecule has 1 aliphatic heterocycles. The number of piperazine rings is 1. The van der Waals surface area contributed by atoms with Crippen molar-refractivity contribution in [1.29, 1.82) is 0 Å². The van der Waals surface area contributed by atoms with Crippen LogP contribution in [0.15, 0.2) is 18.2 Å². The highest BCUT2D eigenvalue weighted by Crippen LogP contribution is 2.27. The number of methoxy groups -OCH3 is 1. The lowest BCUT2D eigenvalue weighted by Gasteiger charge is -2.35. The van der Waals surface area contributed by atoms with E-state index in [1.807, 2.05) is 0 Å². The Hall–Kier alpha value is -1.30. The normalized spacial score (nSPS) is 22.9. The zero-order valence-electron chi connectivity index (χ0n) is 12.6. The number of hydrogen-bond acceptors (Lipinski definition) is 4. The number of amides is 1. The first-order valence-electron chi connectivity index (χ1n) is 7.09. The van der Waals surface area contributed by atoms with E-state index in [-0.39, 0.29) is 5.91 Å². The molecule has 2 atom stereocenters. The smallest absolute Gasteiger partial charge is 0.238 e. The lowest BCUT2D eigenvalue weighted by Crippen LogP contribution is -2.55. The summed E-state index contributed by atoms with van der Waals surface area (Å²) in [4.78, 5) is 14.3. The maximum absolute atomic E-state index is 12.1. The van der Waals surface area contributed by atoms with Crippen molar-refractivity contribution < 1.29 is 9.53 Å². The molecule has 21 heavy (non-hydrogen) atoms. The third kappa shape index (κ3) is 4.59. The third-order valence-corrected chi connectivity index (χ3v) is 3.73. The Bertz CT molecular complexity index is 500. The minimum absolute atomic E-state index is 0.0301. The van der Waals surface area contributed by atoms with Crippen LogP contribution < -0.4 is 15.4 Å². The van der Waals surface area contributed by atoms with Crippen molar-refractivity contribution in [3.63, 3.8) is 0 Å². The van der Waals surface area contributed by atoms with Gasteiger partial charge in [0.1, 0.15) is 5.75 Å². The van der Waals surface area contributed by atoms with E-state index in [0.717, 1.165) is 13.1 Å². The fraction of sp³-hybridized carbons (Fsp3) is 0.533. The molecule has 116 valence electrons. The summed E-state index contributed by atoms with van der Waals surface area (Å²) >= 11 is 6.05. The average Bonchev–Trinajstić information content (AvgIpc) is 2.37. The van der Waals surface area contributed by atoms with Gasteiger partial charge in [-0.15, -0.1) is 0 Å². The standard InChI is InChI=1S/C15H22ClN3O2/c1-10-7-19(8-11(2)17-10)9-15(20)18-12-4-5-14(21-3)13(16)6-12/h4-6,10-11,17H,7-9H2,1-3H3,(H,18,20). The molecular weight excluding hydrogens is 290 g/mol. The van der Waals surface area contributed by atoms with E-state index in [1.165, 1.54) is 0 Å². The Morgan fingerprint density at radius 3 is 2.67 bits per heavy atom. The molecule has 0 saturated carbocycles. The Labute approximate surface area is 130 Å². The highest BCUT2D eigenvalue weighted by molar-refractivity contribution is 6.32. The van der Waals surface area contributed by atoms with E-state index in [1.54, 1.807) is 25.3 Å². The van der Waals surface area contributed by atoms with Crippen LogP contribution in [0.1, 0.15) is 13.8 Å². The first-order chi connectivity index (χ1) is 9.97. The Balaban J connectivity index is 1.91. The van der Waals surface area contributed by atoms with E-state index in [2.05, 4.69) is 29.4 Å². The van der Waals surface area contributed by atoms with Crippen LogP contribution in [0.25, 0.3) is 0 Å². The molecule has 1 aliphatic rings. The van der Waals surface area contributed by atoms with Gasteiger partial charge in [0, 0.05) is 30.9 Å². The van der Waals surface area contributed by atoms with E-state index in [0.29, 0.717) is 35.1 Å². The second-order valence-electron chi connectivity index (χ2n) is 5.56. The fourth-order valence-corrected chi connectivity index (χ4v) is 2.97. The number of carbonyl (C=O) groups excluding carboxylic acids is 1. The molecule has 0 aromatic heterocycles. The zero-order chi connectivity index (χ0) is 15.4. The molecule has 5 nitrogen and oxygen atoms in total. The van der Waals surface area contributed by atoms with Crippen molar-refractivity contribution in [3.05, 3.63) is 23.2 Å². The molecule has 0 spiro atoms. The van der Waals surface area contributed by atoms with Gasteiger partial charge in [-0.1, -0.05) is 11.6 Å². The largest absolute Gasteiger partial charge is 0.495 e. The number of anilines is 1. The maximum Gasteiger partial charge on any atom is 0.238 e. The quantitative estimate of drug-likeness (QED) is 0.892. The molecule has 2 rings (SSSR count). The topological polar surface area (TPSA) is 53.6 Å². The summed E-state index contributed by atoms with van der Waals surface area (Å²) in [6.45, 7) is 6.40. The molecule has 6 heteroatoms. The number of halogens is 1. The van der Waals surface area contributed by atoms with Gasteiger partial charge < -0.3 is 15.4 Å². The molecule has 2 unspecified atom stereocenters. The molecule has 1 amide bonds. The number of ether oxygens (including phenoxy) is 1. The molecule has 1 fully saturated rings. The summed E-state index contributed by atoms with van der Waals surface area (Å²) in [6, 6.07) is 6.02. The predicted octanol–water partition coefficient (Wildman–Crippen LogP) is 1.97. The van der Waals surface area contributed by atoms with Crippen LogP contribution in [0, 0.1) is 0 Å². The lowest BCUT2D eigenvalue weighted by molar-refractivity contribution is -0.117. The van der Waals surface area contributed by atoms with Crippen LogP contribution in [0.4, 0.5) is 5.69 Å². The van der Waals surface area contributed by atoms with Gasteiger partial charge in [-0.05, 0) is 32.0 Å². The molecule has 0 bridgehead atoms. The summed E-state index contributed by atoms with van der Waals surface area (Å²) in [5.74, 6) is 0.567. The van der Waals surface area contributed by atoms with Crippen molar-refractivity contribution in [3.8, 4) is 5.75 Å². The van der Waals surface area contributed by atoms with Crippen LogP contribution in [0.3, 0.4) is 0 Å². The highest BCUT2D eigenvalue weighted by Gasteiger charge is 2.22. The number of hydrogen-bond donors (Lipinski definition) is 2. The zero-order valence-corrected chi connectivity index (χ0v) is 13.4. The van der Waals surface area contributed by atoms with E-state index in [9.17, 15) is 4.79 Å². The van der Waals surface area contributed by atoms with Gasteiger partial charge >= 0.3 is 0 Å². The van der Waals surface area contributed by atoms with Crippen LogP contribution in [0.2, 0.25) is 5.02 Å². The first kappa shape index (κ1) is 16.1. The summed E-state index contributed by atoms with van der Waals surface area (Å²) in [5, 5.41) is 6.80. The SMILES string of the molecule is COc1ccc(NC(=O)CN2CC(C)NC(C)C2)cc1Cl. The van der Waals surface area contributed by atoms with Crippen molar-refractivity contribution in [2.75, 3.05) is 32.1 Å². The van der Waals surface area contributed by atoms with Gasteiger partial charge in [0.25, 0.3) is 0 Å². The Kier molecular flexibility index (Phi) is 5.45. The number of nitrogens with zero attached hydrogens (tertiary/aromatic N) is 1. The highest BCUT2D eigenvalue weighted by atomic mass is 35.5. The molecule has 1 saturated heterocycles. The molecular formula is C15H22ClN3O2. The molecule has 0 aliphatic carbocycles. The van der Waals surface area contributed by atoms with Crippen LogP contribution in [-0.2, 0) is 4.79 Å². The summed E-state index contributed by atoms with van der Waals surface area (Å²) in [5.41, 5.74) is 0.682. The van der Waals surface area contributed by atoms with E-state index >= 15 is 0 Å². The van der Waals surface area contributed by atoms with Crippen molar-refractivity contribution in [2.24, 2.45) is 0 Å². The number of benzene rings is 1. The predicted molar refractivity (Wildman–Crippen MR) is 85.1 cm³/mol. The summed E-state index contributed by atoms with van der Waals surface area (Å²) in [7, 11) is 1.56. The first-order valence-corrected chi connectivity index (χ1v) is 7.47. The van der Waals surface area contributed by atoms with Gasteiger partial charge in [-0.3, -0.25) is 9.69 Å². The number of rotatable bonds is 4. The lowest BCUT2D eigenvalue weighted by atomic mass is 10.1. The second-order valence-corrected chi connectivity index (χ2v) is 5.97. The average molecular weight is 312 g/mol. The van der Waals surface area contributed by atoms with Crippen molar-refractivity contribution in [2.45, 2.75) is 25.9 Å². The third-order valence-electron chi connectivity index (χ3n) is 3.44. The monoisotopic (exact) mass is 311 g/mol. The second kappa shape index (κ2) is 7.11. The van der Waals surface area contributed by atoms with Crippen LogP contribution in [0.5, 0.6) is 5.75 Å². The fourth-order valence-electron chi connectivity index (χ4n) is 2.72. The van der Waals surface area contributed by atoms with Gasteiger partial charge in [-0.25, -0.2) is 0 Å². The summed E-state index contributed by atoms with van der Waals surface area (Å²) in [6.07, 6.45) is 0. The van der Waals surface area contributed by atoms with Gasteiger partial charge in [0.2, 0.25) is 5.91 Å². The minimum atomic E-state index is -0.0301. The molecule has 0 radical (unpaired) electrons. The maximum atomic E-state index is 12.1. The van der Waals surface area contributed by atoms with Gasteiger partial charge in [0.05, 0.1) is 18.7 Å². The Morgan fingerprint density at radius 2 is 2.10 bits per heavy atom. The van der Waals surface area contributed by atoms with Gasteiger partial charge in [0.15, 0.2) is 0 Å². The van der Waals surface area contributed by atoms with Crippen LogP contribution in [-0.4, -0.2) is 49.6 Å². The van der Waals surface area contributed by atoms with E-state index in [4.69, 9.17) is 16.3 Å². The van der Waals surface area contributed by atoms with Gasteiger partial charge in [-0.2, -0.15) is 0 Å². The molecule has 1 aromatic carbocycles. The molecule has 1 aromatic rings. The van der Waals surface area contributed by atoms with Crippen molar-refractivity contribution >= 4 is 23.2 Å². The minimum Gasteiger partial charge on any atom is -0.495 e. The Morgan fingerprint density at radius 1 is 1.43 bits per heavy atom. The van der Waals surface area contributed by atoms with E-state index < -0.39 is 0 Å². The molecule has 1 heterocycles. The van der Waals surface area contributed by atoms with Crippen LogP contribution >= 0.6 is 11.6 Å².